The number of rotatable bonds is 1. The molecule has 0 amide bonds. The number of hydrogen-bond acceptors (Lipinski definition) is 0. The summed E-state index contributed by atoms with van der Waals surface area (Å²) in [6, 6.07) is 0.0202. The van der Waals surface area contributed by atoms with E-state index in [4.69, 9.17) is 0 Å². The summed E-state index contributed by atoms with van der Waals surface area (Å²) >= 11 is 2.66. The highest BCUT2D eigenvalue weighted by molar-refractivity contribution is 9.08. The van der Waals surface area contributed by atoms with Crippen molar-refractivity contribution >= 4 is 15.9 Å². The van der Waals surface area contributed by atoms with Crippen molar-refractivity contribution in [2.24, 2.45) is 0 Å². The van der Waals surface area contributed by atoms with Crippen molar-refractivity contribution in [3.05, 3.63) is 34.6 Å². The Kier molecular flexibility index (Phi) is 3.75. The Hall–Kier alpha value is -0.790. The van der Waals surface area contributed by atoms with Gasteiger partial charge in [-0.2, -0.15) is 26.3 Å². The zero-order valence-corrected chi connectivity index (χ0v) is 9.47. The van der Waals surface area contributed by atoms with E-state index in [-0.39, 0.29) is 12.1 Å². The third kappa shape index (κ3) is 3.11. The van der Waals surface area contributed by atoms with Gasteiger partial charge in [-0.25, -0.2) is 4.39 Å². The molecule has 0 saturated carbocycles. The lowest BCUT2D eigenvalue weighted by Crippen LogP contribution is -2.15. The quantitative estimate of drug-likeness (QED) is 0.516. The van der Waals surface area contributed by atoms with E-state index in [1.165, 1.54) is 0 Å². The van der Waals surface area contributed by atoms with Crippen molar-refractivity contribution in [2.75, 3.05) is 0 Å². The average Bonchev–Trinajstić information content (AvgIpc) is 2.13. The summed E-state index contributed by atoms with van der Waals surface area (Å²) < 4.78 is 87.0. The first-order valence-electron chi connectivity index (χ1n) is 4.10. The van der Waals surface area contributed by atoms with Gasteiger partial charge in [0, 0.05) is 5.33 Å². The van der Waals surface area contributed by atoms with Gasteiger partial charge < -0.3 is 0 Å². The van der Waals surface area contributed by atoms with E-state index < -0.39 is 40.2 Å². The maximum Gasteiger partial charge on any atom is 0.419 e. The highest BCUT2D eigenvalue weighted by atomic mass is 79.9. The van der Waals surface area contributed by atoms with Crippen molar-refractivity contribution < 1.29 is 30.7 Å². The van der Waals surface area contributed by atoms with E-state index in [0.717, 1.165) is 0 Å². The van der Waals surface area contributed by atoms with Crippen LogP contribution >= 0.6 is 15.9 Å². The normalized spacial score (nSPS) is 12.9. The molecule has 0 N–H and O–H groups in total. The number of benzene rings is 1. The van der Waals surface area contributed by atoms with Crippen LogP contribution < -0.4 is 0 Å². The van der Waals surface area contributed by atoms with Gasteiger partial charge >= 0.3 is 12.4 Å². The first-order chi connectivity index (χ1) is 7.57. The van der Waals surface area contributed by atoms with E-state index in [1.54, 1.807) is 0 Å². The molecule has 0 radical (unpaired) electrons. The first kappa shape index (κ1) is 14.3. The van der Waals surface area contributed by atoms with Crippen molar-refractivity contribution in [3.63, 3.8) is 0 Å². The molecule has 0 heterocycles. The molecule has 17 heavy (non-hydrogen) atoms. The second-order valence-corrected chi connectivity index (χ2v) is 3.68. The van der Waals surface area contributed by atoms with Crippen molar-refractivity contribution in [1.29, 1.82) is 0 Å². The van der Waals surface area contributed by atoms with Gasteiger partial charge in [0.25, 0.3) is 0 Å². The van der Waals surface area contributed by atoms with E-state index in [9.17, 15) is 30.7 Å². The van der Waals surface area contributed by atoms with E-state index >= 15 is 0 Å². The van der Waals surface area contributed by atoms with Crippen LogP contribution in [0, 0.1) is 5.82 Å². The molecule has 0 bridgehead atoms. The minimum atomic E-state index is -5.16. The molecular weight excluding hydrogens is 321 g/mol. The second kappa shape index (κ2) is 4.47. The topological polar surface area (TPSA) is 0 Å². The minimum Gasteiger partial charge on any atom is -0.206 e. The smallest absolute Gasteiger partial charge is 0.206 e. The first-order valence-corrected chi connectivity index (χ1v) is 5.22. The Labute approximate surface area is 99.6 Å². The van der Waals surface area contributed by atoms with Crippen LogP contribution in [0.4, 0.5) is 30.7 Å². The van der Waals surface area contributed by atoms with Gasteiger partial charge in [-0.1, -0.05) is 15.9 Å². The van der Waals surface area contributed by atoms with E-state index in [1.807, 2.05) is 0 Å². The Morgan fingerprint density at radius 2 is 1.35 bits per heavy atom. The lowest BCUT2D eigenvalue weighted by Gasteiger charge is -2.15. The van der Waals surface area contributed by atoms with Gasteiger partial charge in [-0.05, 0) is 17.7 Å². The molecule has 0 aliphatic rings. The molecule has 0 nitrogen and oxygen atoms in total. The third-order valence-electron chi connectivity index (χ3n) is 1.95. The molecule has 0 fully saturated rings. The summed E-state index contributed by atoms with van der Waals surface area (Å²) in [7, 11) is 0. The highest BCUT2D eigenvalue weighted by Gasteiger charge is 2.40. The molecule has 0 aliphatic carbocycles. The lowest BCUT2D eigenvalue weighted by molar-refractivity contribution is -0.144. The molecule has 0 unspecified atom stereocenters. The van der Waals surface area contributed by atoms with Crippen molar-refractivity contribution in [1.82, 2.24) is 0 Å². The molecule has 1 aromatic carbocycles. The van der Waals surface area contributed by atoms with Gasteiger partial charge in [-0.3, -0.25) is 0 Å². The van der Waals surface area contributed by atoms with Crippen LogP contribution in [0.3, 0.4) is 0 Å². The highest BCUT2D eigenvalue weighted by Crippen LogP contribution is 2.39. The molecule has 0 atom stereocenters. The number of hydrogen-bond donors (Lipinski definition) is 0. The van der Waals surface area contributed by atoms with Crippen LogP contribution in [0.25, 0.3) is 0 Å². The zero-order chi connectivity index (χ0) is 13.4. The van der Waals surface area contributed by atoms with Gasteiger partial charge in [0.05, 0.1) is 11.1 Å². The predicted octanol–water partition coefficient (Wildman–Crippen LogP) is 4.76. The third-order valence-corrected chi connectivity index (χ3v) is 2.55. The van der Waals surface area contributed by atoms with Crippen LogP contribution in [0.5, 0.6) is 0 Å². The van der Waals surface area contributed by atoms with Crippen LogP contribution in [0.15, 0.2) is 12.1 Å². The Balaban J connectivity index is 3.49. The predicted molar refractivity (Wildman–Crippen MR) is 49.0 cm³/mol. The van der Waals surface area contributed by atoms with Crippen LogP contribution in [-0.4, -0.2) is 0 Å². The molecule has 0 aliphatic heterocycles. The summed E-state index contributed by atoms with van der Waals surface area (Å²) in [6.07, 6.45) is -10.1. The monoisotopic (exact) mass is 324 g/mol. The van der Waals surface area contributed by atoms with Gasteiger partial charge in [0.1, 0.15) is 5.82 Å². The molecule has 1 rings (SSSR count). The minimum absolute atomic E-state index is 0.216. The summed E-state index contributed by atoms with van der Waals surface area (Å²) in [4.78, 5) is 0. The van der Waals surface area contributed by atoms with Gasteiger partial charge in [0.2, 0.25) is 0 Å². The summed E-state index contributed by atoms with van der Waals surface area (Å²) in [5.41, 5.74) is -4.00. The van der Waals surface area contributed by atoms with Crippen LogP contribution in [0.2, 0.25) is 0 Å². The maximum atomic E-state index is 13.0. The number of alkyl halides is 7. The second-order valence-electron chi connectivity index (χ2n) is 3.12. The molecule has 0 aromatic heterocycles. The molecule has 8 heteroatoms. The Bertz CT molecular complexity index is 419. The zero-order valence-electron chi connectivity index (χ0n) is 7.89. The Morgan fingerprint density at radius 1 is 0.882 bits per heavy atom. The SMILES string of the molecule is Fc1cc(CBr)c(C(F)(F)F)cc1C(F)(F)F. The molecule has 96 valence electrons. The van der Waals surface area contributed by atoms with Gasteiger partial charge in [-0.15, -0.1) is 0 Å². The maximum absolute atomic E-state index is 13.0. The summed E-state index contributed by atoms with van der Waals surface area (Å²) in [6.45, 7) is 0. The standard InChI is InChI=1S/C9H4BrF7/c10-3-4-1-7(11)6(9(15,16)17)2-5(4)8(12,13)14/h1-2H,3H2. The molecule has 0 spiro atoms. The van der Waals surface area contributed by atoms with Crippen molar-refractivity contribution in [2.45, 2.75) is 17.7 Å². The summed E-state index contributed by atoms with van der Waals surface area (Å²) in [5, 5.41) is -0.392. The van der Waals surface area contributed by atoms with E-state index in [0.29, 0.717) is 0 Å². The fourth-order valence-electron chi connectivity index (χ4n) is 1.21. The Morgan fingerprint density at radius 3 is 1.71 bits per heavy atom. The number of halogens is 8. The molecular formula is C9H4BrF7. The fourth-order valence-corrected chi connectivity index (χ4v) is 1.67. The average molecular weight is 325 g/mol. The lowest BCUT2D eigenvalue weighted by atomic mass is 10.0. The van der Waals surface area contributed by atoms with Crippen molar-refractivity contribution in [3.8, 4) is 0 Å². The molecule has 1 aromatic rings. The van der Waals surface area contributed by atoms with Gasteiger partial charge in [0.15, 0.2) is 0 Å². The van der Waals surface area contributed by atoms with Crippen LogP contribution in [-0.2, 0) is 17.7 Å². The van der Waals surface area contributed by atoms with E-state index in [2.05, 4.69) is 15.9 Å². The van der Waals surface area contributed by atoms with Crippen LogP contribution in [0.1, 0.15) is 16.7 Å². The largest absolute Gasteiger partial charge is 0.419 e. The fraction of sp³-hybridized carbons (Fsp3) is 0.333. The molecule has 0 saturated heterocycles. The summed E-state index contributed by atoms with van der Waals surface area (Å²) in [5.74, 6) is -1.72.